The van der Waals surface area contributed by atoms with E-state index in [1.54, 1.807) is 12.4 Å². The van der Waals surface area contributed by atoms with Crippen LogP contribution in [0.15, 0.2) is 24.5 Å². The number of nitrogens with zero attached hydrogens (tertiary/aromatic N) is 1. The second-order valence-corrected chi connectivity index (χ2v) is 9.57. The van der Waals surface area contributed by atoms with Gasteiger partial charge in [-0.1, -0.05) is 122 Å². The maximum Gasteiger partial charge on any atom is 0.220 e. The third kappa shape index (κ3) is 19.3. The van der Waals surface area contributed by atoms with Crippen LogP contribution >= 0.6 is 0 Å². The molecule has 3 nitrogen and oxygen atoms in total. The van der Waals surface area contributed by atoms with Gasteiger partial charge in [0.05, 0.1) is 0 Å². The van der Waals surface area contributed by atoms with Gasteiger partial charge in [0.1, 0.15) is 0 Å². The van der Waals surface area contributed by atoms with Gasteiger partial charge in [-0.2, -0.15) is 0 Å². The van der Waals surface area contributed by atoms with Crippen LogP contribution in [0, 0.1) is 0 Å². The van der Waals surface area contributed by atoms with Crippen LogP contribution in [0.25, 0.3) is 0 Å². The highest BCUT2D eigenvalue weighted by Gasteiger charge is 2.01. The fourth-order valence-corrected chi connectivity index (χ4v) is 4.35. The smallest absolute Gasteiger partial charge is 0.220 e. The summed E-state index contributed by atoms with van der Waals surface area (Å²) in [6, 6.07) is 4.01. The number of carbonyl (C=O) groups is 1. The Balaban J connectivity index is 1.71. The fourth-order valence-electron chi connectivity index (χ4n) is 4.35. The van der Waals surface area contributed by atoms with Crippen molar-refractivity contribution in [2.75, 3.05) is 6.54 Å². The highest BCUT2D eigenvalue weighted by atomic mass is 16.1. The predicted molar refractivity (Wildman–Crippen MR) is 139 cm³/mol. The van der Waals surface area contributed by atoms with E-state index in [1.807, 2.05) is 12.1 Å². The minimum Gasteiger partial charge on any atom is -0.356 e. The summed E-state index contributed by atoms with van der Waals surface area (Å²) >= 11 is 0. The van der Waals surface area contributed by atoms with Crippen LogP contribution < -0.4 is 5.32 Å². The Hall–Kier alpha value is -1.38. The van der Waals surface area contributed by atoms with Crippen LogP contribution in [0.1, 0.15) is 141 Å². The molecule has 0 bridgehead atoms. The normalized spacial score (nSPS) is 11.0. The molecule has 1 heterocycles. The lowest BCUT2D eigenvalue weighted by atomic mass is 10.0. The number of pyridine rings is 1. The van der Waals surface area contributed by atoms with Gasteiger partial charge in [0.15, 0.2) is 0 Å². The molecule has 1 rings (SSSR count). The molecule has 0 fully saturated rings. The van der Waals surface area contributed by atoms with E-state index in [-0.39, 0.29) is 5.91 Å². The van der Waals surface area contributed by atoms with E-state index < -0.39 is 0 Å². The SMILES string of the molecule is CCCCCCCCCCCCCCCCCCCCCC(=O)NCCc1ccncc1. The van der Waals surface area contributed by atoms with Crippen LogP contribution in [0.5, 0.6) is 0 Å². The molecule has 1 amide bonds. The number of carbonyl (C=O) groups excluding carboxylic acids is 1. The fraction of sp³-hybridized carbons (Fsp3) is 0.793. The number of hydrogen-bond donors (Lipinski definition) is 1. The summed E-state index contributed by atoms with van der Waals surface area (Å²) in [5.41, 5.74) is 1.23. The van der Waals surface area contributed by atoms with Crippen molar-refractivity contribution in [1.29, 1.82) is 0 Å². The quantitative estimate of drug-likeness (QED) is 0.172. The van der Waals surface area contributed by atoms with Gasteiger partial charge in [-0.05, 0) is 30.5 Å². The number of unbranched alkanes of at least 4 members (excludes halogenated alkanes) is 18. The molecule has 1 aromatic heterocycles. The van der Waals surface area contributed by atoms with Gasteiger partial charge in [0.25, 0.3) is 0 Å². The van der Waals surface area contributed by atoms with Gasteiger partial charge in [0.2, 0.25) is 5.91 Å². The van der Waals surface area contributed by atoms with Gasteiger partial charge in [0, 0.05) is 25.4 Å². The van der Waals surface area contributed by atoms with Crippen LogP contribution in [0.4, 0.5) is 0 Å². The zero-order valence-corrected chi connectivity index (χ0v) is 21.2. The number of hydrogen-bond acceptors (Lipinski definition) is 2. The zero-order chi connectivity index (χ0) is 23.0. The summed E-state index contributed by atoms with van der Waals surface area (Å²) < 4.78 is 0. The van der Waals surface area contributed by atoms with Gasteiger partial charge in [-0.3, -0.25) is 9.78 Å². The molecular formula is C29H52N2O. The minimum atomic E-state index is 0.200. The molecule has 1 N–H and O–H groups in total. The van der Waals surface area contributed by atoms with Crippen LogP contribution in [-0.4, -0.2) is 17.4 Å². The maximum atomic E-state index is 11.9. The molecule has 0 atom stereocenters. The summed E-state index contributed by atoms with van der Waals surface area (Å²) in [7, 11) is 0. The lowest BCUT2D eigenvalue weighted by Gasteiger charge is -2.06. The summed E-state index contributed by atoms with van der Waals surface area (Å²) in [6.07, 6.45) is 31.4. The second kappa shape index (κ2) is 22.8. The van der Waals surface area contributed by atoms with Gasteiger partial charge >= 0.3 is 0 Å². The Kier molecular flexibility index (Phi) is 20.4. The molecule has 3 heteroatoms. The van der Waals surface area contributed by atoms with Crippen LogP contribution in [-0.2, 0) is 11.2 Å². The standard InChI is InChI=1S/C29H52N2O/c1-2-3-4-5-6-7-8-9-10-11-12-13-14-15-16-17-18-19-20-21-29(32)31-27-24-28-22-25-30-26-23-28/h22-23,25-26H,2-21,24,27H2,1H3,(H,31,32). The van der Waals surface area contributed by atoms with Crippen LogP contribution in [0.2, 0.25) is 0 Å². The van der Waals surface area contributed by atoms with Crippen molar-refractivity contribution in [3.8, 4) is 0 Å². The number of amides is 1. The number of nitrogens with one attached hydrogen (secondary N) is 1. The van der Waals surface area contributed by atoms with E-state index >= 15 is 0 Å². The Morgan fingerprint density at radius 1 is 0.656 bits per heavy atom. The molecule has 32 heavy (non-hydrogen) atoms. The Labute approximate surface area is 199 Å². The van der Waals surface area contributed by atoms with Crippen molar-refractivity contribution in [2.24, 2.45) is 0 Å². The van der Waals surface area contributed by atoms with E-state index in [0.717, 1.165) is 19.4 Å². The van der Waals surface area contributed by atoms with Crippen molar-refractivity contribution < 1.29 is 4.79 Å². The molecule has 0 spiro atoms. The first-order valence-corrected chi connectivity index (χ1v) is 14.0. The third-order valence-electron chi connectivity index (χ3n) is 6.49. The van der Waals surface area contributed by atoms with Crippen molar-refractivity contribution in [3.63, 3.8) is 0 Å². The monoisotopic (exact) mass is 444 g/mol. The summed E-state index contributed by atoms with van der Waals surface area (Å²) in [6.45, 7) is 3.01. The van der Waals surface area contributed by atoms with E-state index in [9.17, 15) is 4.79 Å². The van der Waals surface area contributed by atoms with Gasteiger partial charge in [-0.25, -0.2) is 0 Å². The van der Waals surface area contributed by atoms with E-state index in [2.05, 4.69) is 17.2 Å². The summed E-state index contributed by atoms with van der Waals surface area (Å²) in [5.74, 6) is 0.200. The molecule has 0 unspecified atom stereocenters. The molecular weight excluding hydrogens is 392 g/mol. The summed E-state index contributed by atoms with van der Waals surface area (Å²) in [5, 5.41) is 3.03. The maximum absolute atomic E-state index is 11.9. The molecule has 0 saturated heterocycles. The Morgan fingerprint density at radius 3 is 1.50 bits per heavy atom. The van der Waals surface area contributed by atoms with Crippen LogP contribution in [0.3, 0.4) is 0 Å². The molecule has 0 radical (unpaired) electrons. The molecule has 1 aromatic rings. The largest absolute Gasteiger partial charge is 0.356 e. The first kappa shape index (κ1) is 28.7. The Morgan fingerprint density at radius 2 is 1.06 bits per heavy atom. The molecule has 0 aliphatic heterocycles. The molecule has 0 aliphatic rings. The minimum absolute atomic E-state index is 0.200. The third-order valence-corrected chi connectivity index (χ3v) is 6.49. The van der Waals surface area contributed by atoms with E-state index in [0.29, 0.717) is 6.42 Å². The lowest BCUT2D eigenvalue weighted by molar-refractivity contribution is -0.121. The van der Waals surface area contributed by atoms with Crippen molar-refractivity contribution in [3.05, 3.63) is 30.1 Å². The second-order valence-electron chi connectivity index (χ2n) is 9.57. The average Bonchev–Trinajstić information content (AvgIpc) is 2.81. The average molecular weight is 445 g/mol. The molecule has 0 aliphatic carbocycles. The molecule has 184 valence electrons. The number of rotatable bonds is 23. The van der Waals surface area contributed by atoms with Gasteiger partial charge < -0.3 is 5.32 Å². The van der Waals surface area contributed by atoms with E-state index in [4.69, 9.17) is 0 Å². The summed E-state index contributed by atoms with van der Waals surface area (Å²) in [4.78, 5) is 15.9. The van der Waals surface area contributed by atoms with Gasteiger partial charge in [-0.15, -0.1) is 0 Å². The first-order chi connectivity index (χ1) is 15.8. The topological polar surface area (TPSA) is 42.0 Å². The van der Waals surface area contributed by atoms with Crippen molar-refractivity contribution >= 4 is 5.91 Å². The first-order valence-electron chi connectivity index (χ1n) is 14.0. The lowest BCUT2D eigenvalue weighted by Crippen LogP contribution is -2.25. The molecule has 0 saturated carbocycles. The predicted octanol–water partition coefficient (Wildman–Crippen LogP) is 8.56. The number of aromatic nitrogens is 1. The highest BCUT2D eigenvalue weighted by molar-refractivity contribution is 5.75. The highest BCUT2D eigenvalue weighted by Crippen LogP contribution is 2.14. The molecule has 0 aromatic carbocycles. The Bertz CT molecular complexity index is 517. The van der Waals surface area contributed by atoms with Crippen molar-refractivity contribution in [2.45, 2.75) is 142 Å². The zero-order valence-electron chi connectivity index (χ0n) is 21.2. The van der Waals surface area contributed by atoms with Crippen molar-refractivity contribution in [1.82, 2.24) is 10.3 Å². The van der Waals surface area contributed by atoms with E-state index in [1.165, 1.54) is 121 Å².